The fourth-order valence-electron chi connectivity index (χ4n) is 1.57. The van der Waals surface area contributed by atoms with Gasteiger partial charge in [-0.2, -0.15) is 0 Å². The monoisotopic (exact) mass is 316 g/mol. The summed E-state index contributed by atoms with van der Waals surface area (Å²) in [4.78, 5) is 0.982. The third kappa shape index (κ3) is 4.11. The molecule has 0 heterocycles. The van der Waals surface area contributed by atoms with Gasteiger partial charge in [0.1, 0.15) is 5.82 Å². The lowest BCUT2D eigenvalue weighted by Gasteiger charge is -2.12. The van der Waals surface area contributed by atoms with Crippen molar-refractivity contribution in [2.45, 2.75) is 11.0 Å². The van der Waals surface area contributed by atoms with Crippen LogP contribution in [0, 0.1) is 5.82 Å². The molecule has 2 rings (SSSR count). The van der Waals surface area contributed by atoms with E-state index in [1.54, 1.807) is 12.1 Å². The molecule has 1 nitrogen and oxygen atoms in total. The molecule has 0 radical (unpaired) electrons. The summed E-state index contributed by atoms with van der Waals surface area (Å²) >= 11 is 13.2. The molecule has 2 aromatic rings. The van der Waals surface area contributed by atoms with Crippen LogP contribution in [-0.4, -0.2) is 10.9 Å². The van der Waals surface area contributed by atoms with Crippen molar-refractivity contribution in [3.8, 4) is 0 Å². The Morgan fingerprint density at radius 1 is 1.11 bits per heavy atom. The molecule has 0 aliphatic rings. The first-order chi connectivity index (χ1) is 9.06. The molecule has 2 aromatic carbocycles. The number of thioether (sulfide) groups is 1. The van der Waals surface area contributed by atoms with E-state index in [0.29, 0.717) is 21.4 Å². The Kier molecular flexibility index (Phi) is 5.11. The highest BCUT2D eigenvalue weighted by Gasteiger charge is 2.13. The fraction of sp³-hybridized carbons (Fsp3) is 0.143. The summed E-state index contributed by atoms with van der Waals surface area (Å²) in [5.74, 6) is -0.0138. The second-order valence-electron chi connectivity index (χ2n) is 3.95. The summed E-state index contributed by atoms with van der Waals surface area (Å²) in [6.45, 7) is 0. The number of rotatable bonds is 4. The number of aliphatic hydroxyl groups is 1. The van der Waals surface area contributed by atoms with E-state index in [9.17, 15) is 9.50 Å². The minimum absolute atomic E-state index is 0.366. The molecule has 0 saturated carbocycles. The van der Waals surface area contributed by atoms with Gasteiger partial charge in [0.15, 0.2) is 0 Å². The van der Waals surface area contributed by atoms with E-state index in [2.05, 4.69) is 0 Å². The maximum absolute atomic E-state index is 13.1. The van der Waals surface area contributed by atoms with Gasteiger partial charge >= 0.3 is 0 Å². The first-order valence-corrected chi connectivity index (χ1v) is 7.32. The van der Waals surface area contributed by atoms with Gasteiger partial charge < -0.3 is 5.11 Å². The topological polar surface area (TPSA) is 20.2 Å². The second-order valence-corrected chi connectivity index (χ2v) is 5.88. The van der Waals surface area contributed by atoms with Gasteiger partial charge in [-0.15, -0.1) is 11.8 Å². The van der Waals surface area contributed by atoms with Gasteiger partial charge in [-0.3, -0.25) is 0 Å². The molecule has 0 aromatic heterocycles. The predicted molar refractivity (Wildman–Crippen MR) is 78.5 cm³/mol. The standard InChI is InChI=1S/C14H11Cl2FOS/c15-9-1-4-11(5-2-9)19-8-14(18)12-7-10(17)3-6-13(12)16/h1-7,14,18H,8H2. The van der Waals surface area contributed by atoms with Crippen LogP contribution in [0.25, 0.3) is 0 Å². The normalized spacial score (nSPS) is 12.4. The number of hydrogen-bond acceptors (Lipinski definition) is 2. The molecule has 5 heteroatoms. The van der Waals surface area contributed by atoms with Crippen molar-refractivity contribution in [3.05, 3.63) is 63.9 Å². The van der Waals surface area contributed by atoms with Gasteiger partial charge in [0.25, 0.3) is 0 Å². The highest BCUT2D eigenvalue weighted by Crippen LogP contribution is 2.29. The van der Waals surface area contributed by atoms with Crippen LogP contribution in [0.2, 0.25) is 10.0 Å². The Morgan fingerprint density at radius 3 is 2.47 bits per heavy atom. The Bertz CT molecular complexity index is 560. The van der Waals surface area contributed by atoms with Crippen LogP contribution in [0.1, 0.15) is 11.7 Å². The van der Waals surface area contributed by atoms with Crippen LogP contribution in [0.3, 0.4) is 0 Å². The lowest BCUT2D eigenvalue weighted by Crippen LogP contribution is -2.02. The van der Waals surface area contributed by atoms with Crippen LogP contribution in [0.15, 0.2) is 47.4 Å². The molecule has 0 fully saturated rings. The molecule has 0 aliphatic heterocycles. The van der Waals surface area contributed by atoms with Crippen LogP contribution in [0.4, 0.5) is 4.39 Å². The third-order valence-electron chi connectivity index (χ3n) is 2.54. The maximum atomic E-state index is 13.1. The summed E-state index contributed by atoms with van der Waals surface area (Å²) in [6, 6.07) is 11.3. The molecule has 100 valence electrons. The zero-order chi connectivity index (χ0) is 13.8. The molecule has 0 amide bonds. The van der Waals surface area contributed by atoms with Gasteiger partial charge in [0.05, 0.1) is 6.10 Å². The average Bonchev–Trinajstić information content (AvgIpc) is 2.40. The van der Waals surface area contributed by atoms with E-state index in [-0.39, 0.29) is 0 Å². The van der Waals surface area contributed by atoms with E-state index < -0.39 is 11.9 Å². The second kappa shape index (κ2) is 6.62. The first-order valence-electron chi connectivity index (χ1n) is 5.57. The smallest absolute Gasteiger partial charge is 0.123 e. The Morgan fingerprint density at radius 2 is 1.79 bits per heavy atom. The van der Waals surface area contributed by atoms with Crippen molar-refractivity contribution in [1.29, 1.82) is 0 Å². The molecule has 0 aliphatic carbocycles. The van der Waals surface area contributed by atoms with Crippen LogP contribution in [-0.2, 0) is 0 Å². The molecular weight excluding hydrogens is 306 g/mol. The van der Waals surface area contributed by atoms with Crippen molar-refractivity contribution in [3.63, 3.8) is 0 Å². The van der Waals surface area contributed by atoms with Crippen molar-refractivity contribution in [2.24, 2.45) is 0 Å². The average molecular weight is 317 g/mol. The summed E-state index contributed by atoms with van der Waals surface area (Å²) in [6.07, 6.45) is -0.816. The third-order valence-corrected chi connectivity index (χ3v) is 4.22. The number of halogens is 3. The van der Waals surface area contributed by atoms with Crippen molar-refractivity contribution in [2.75, 3.05) is 5.75 Å². The van der Waals surface area contributed by atoms with Gasteiger partial charge in [-0.05, 0) is 42.5 Å². The van der Waals surface area contributed by atoms with Crippen molar-refractivity contribution < 1.29 is 9.50 Å². The molecule has 19 heavy (non-hydrogen) atoms. The van der Waals surface area contributed by atoms with E-state index in [4.69, 9.17) is 23.2 Å². The largest absolute Gasteiger partial charge is 0.387 e. The summed E-state index contributed by atoms with van der Waals surface area (Å²) in [7, 11) is 0. The summed E-state index contributed by atoms with van der Waals surface area (Å²) < 4.78 is 13.1. The van der Waals surface area contributed by atoms with E-state index in [0.717, 1.165) is 4.90 Å². The number of hydrogen-bond donors (Lipinski definition) is 1. The minimum Gasteiger partial charge on any atom is -0.387 e. The SMILES string of the molecule is OC(CSc1ccc(Cl)cc1)c1cc(F)ccc1Cl. The molecular formula is C14H11Cl2FOS. The maximum Gasteiger partial charge on any atom is 0.123 e. The van der Waals surface area contributed by atoms with Gasteiger partial charge in [-0.1, -0.05) is 23.2 Å². The highest BCUT2D eigenvalue weighted by molar-refractivity contribution is 7.99. The van der Waals surface area contributed by atoms with E-state index >= 15 is 0 Å². The highest BCUT2D eigenvalue weighted by atomic mass is 35.5. The Hall–Kier alpha value is -0.740. The van der Waals surface area contributed by atoms with E-state index in [1.165, 1.54) is 30.0 Å². The summed E-state index contributed by atoms with van der Waals surface area (Å²) in [5.41, 5.74) is 0.406. The molecule has 1 atom stereocenters. The molecule has 0 bridgehead atoms. The fourth-order valence-corrected chi connectivity index (χ4v) is 2.79. The predicted octanol–water partition coefficient (Wildman–Crippen LogP) is 4.96. The minimum atomic E-state index is -0.816. The van der Waals surface area contributed by atoms with Crippen LogP contribution < -0.4 is 0 Å². The quantitative estimate of drug-likeness (QED) is 0.805. The molecule has 0 spiro atoms. The van der Waals surface area contributed by atoms with Crippen LogP contribution in [0.5, 0.6) is 0 Å². The van der Waals surface area contributed by atoms with Gasteiger partial charge in [0.2, 0.25) is 0 Å². The molecule has 1 unspecified atom stereocenters. The first kappa shape index (κ1) is 14.7. The molecule has 1 N–H and O–H groups in total. The summed E-state index contributed by atoms with van der Waals surface area (Å²) in [5, 5.41) is 11.1. The zero-order valence-corrected chi connectivity index (χ0v) is 12.1. The van der Waals surface area contributed by atoms with Crippen molar-refractivity contribution in [1.82, 2.24) is 0 Å². The van der Waals surface area contributed by atoms with Gasteiger partial charge in [0, 0.05) is 26.3 Å². The van der Waals surface area contributed by atoms with E-state index in [1.807, 2.05) is 12.1 Å². The lowest BCUT2D eigenvalue weighted by atomic mass is 10.1. The van der Waals surface area contributed by atoms with Crippen molar-refractivity contribution >= 4 is 35.0 Å². The lowest BCUT2D eigenvalue weighted by molar-refractivity contribution is 0.203. The van der Waals surface area contributed by atoms with Gasteiger partial charge in [-0.25, -0.2) is 4.39 Å². The number of aliphatic hydroxyl groups excluding tert-OH is 1. The van der Waals surface area contributed by atoms with Crippen LogP contribution >= 0.6 is 35.0 Å². The Labute approximate surface area is 125 Å². The zero-order valence-electron chi connectivity index (χ0n) is 9.82. The Balaban J connectivity index is 2.03. The number of benzene rings is 2. The molecule has 0 saturated heterocycles.